The van der Waals surface area contributed by atoms with E-state index in [0.717, 1.165) is 5.56 Å². The monoisotopic (exact) mass is 233 g/mol. The van der Waals surface area contributed by atoms with E-state index in [2.05, 4.69) is 31.0 Å². The smallest absolute Gasteiger partial charge is 0.212 e. The summed E-state index contributed by atoms with van der Waals surface area (Å²) in [5.41, 5.74) is 1.15. The highest BCUT2D eigenvalue weighted by molar-refractivity contribution is 7.15. The molecule has 0 spiro atoms. The summed E-state index contributed by atoms with van der Waals surface area (Å²) in [6.07, 6.45) is 1.86. The van der Waals surface area contributed by atoms with Crippen molar-refractivity contribution in [2.75, 3.05) is 7.11 Å². The zero-order valence-electron chi connectivity index (χ0n) is 9.73. The third-order valence-electron chi connectivity index (χ3n) is 2.43. The summed E-state index contributed by atoms with van der Waals surface area (Å²) in [6.45, 7) is 4.42. The molecule has 2 nitrogen and oxygen atoms in total. The van der Waals surface area contributed by atoms with Gasteiger partial charge in [0.2, 0.25) is 5.88 Å². The van der Waals surface area contributed by atoms with Crippen LogP contribution in [0, 0.1) is 0 Å². The van der Waals surface area contributed by atoms with Gasteiger partial charge in [-0.2, -0.15) is 0 Å². The van der Waals surface area contributed by atoms with Crippen LogP contribution in [0.15, 0.2) is 30.5 Å². The van der Waals surface area contributed by atoms with Crippen molar-refractivity contribution in [2.24, 2.45) is 0 Å². The average Bonchev–Trinajstić information content (AvgIpc) is 2.78. The van der Waals surface area contributed by atoms with Gasteiger partial charge in [0, 0.05) is 27.6 Å². The predicted octanol–water partition coefficient (Wildman–Crippen LogP) is 3.94. The molecule has 0 unspecified atom stereocenters. The summed E-state index contributed by atoms with van der Waals surface area (Å²) in [6, 6.07) is 8.28. The number of methoxy groups -OCH3 is 1. The molecule has 0 radical (unpaired) electrons. The first-order valence-electron chi connectivity index (χ1n) is 5.31. The summed E-state index contributed by atoms with van der Waals surface area (Å²) in [4.78, 5) is 6.88. The van der Waals surface area contributed by atoms with Crippen molar-refractivity contribution in [3.8, 4) is 16.3 Å². The fraction of sp³-hybridized carbons (Fsp3) is 0.308. The summed E-state index contributed by atoms with van der Waals surface area (Å²) >= 11 is 1.83. The zero-order valence-corrected chi connectivity index (χ0v) is 10.5. The minimum atomic E-state index is 0.588. The lowest BCUT2D eigenvalue weighted by molar-refractivity contribution is 0.398. The molecule has 16 heavy (non-hydrogen) atoms. The minimum Gasteiger partial charge on any atom is -0.481 e. The SMILES string of the molecule is COc1ccc(-c2ccc(C(C)C)s2)cn1. The first-order chi connectivity index (χ1) is 7.70. The highest BCUT2D eigenvalue weighted by Crippen LogP contribution is 2.31. The Balaban J connectivity index is 2.28. The van der Waals surface area contributed by atoms with Gasteiger partial charge >= 0.3 is 0 Å². The number of pyridine rings is 1. The maximum Gasteiger partial charge on any atom is 0.212 e. The quantitative estimate of drug-likeness (QED) is 0.801. The van der Waals surface area contributed by atoms with Gasteiger partial charge in [-0.25, -0.2) is 4.98 Å². The second-order valence-corrected chi connectivity index (χ2v) is 5.06. The number of rotatable bonds is 3. The molecule has 0 aliphatic heterocycles. The molecule has 0 N–H and O–H groups in total. The maximum atomic E-state index is 5.04. The van der Waals surface area contributed by atoms with Crippen LogP contribution in [0.5, 0.6) is 5.88 Å². The topological polar surface area (TPSA) is 22.1 Å². The molecule has 2 rings (SSSR count). The van der Waals surface area contributed by atoms with Crippen LogP contribution < -0.4 is 4.74 Å². The molecule has 0 aromatic carbocycles. The third kappa shape index (κ3) is 2.25. The Labute approximate surface area is 99.9 Å². The van der Waals surface area contributed by atoms with Crippen molar-refractivity contribution >= 4 is 11.3 Å². The second-order valence-electron chi connectivity index (χ2n) is 3.95. The van der Waals surface area contributed by atoms with Crippen LogP contribution in [-0.2, 0) is 0 Å². The number of nitrogens with zero attached hydrogens (tertiary/aromatic N) is 1. The first-order valence-corrected chi connectivity index (χ1v) is 6.12. The van der Waals surface area contributed by atoms with Gasteiger partial charge in [0.15, 0.2) is 0 Å². The van der Waals surface area contributed by atoms with Gasteiger partial charge in [-0.3, -0.25) is 0 Å². The van der Waals surface area contributed by atoms with Crippen molar-refractivity contribution in [3.05, 3.63) is 35.3 Å². The molecule has 0 aliphatic rings. The number of ether oxygens (including phenoxy) is 1. The Kier molecular flexibility index (Phi) is 3.25. The van der Waals surface area contributed by atoms with Gasteiger partial charge in [0.05, 0.1) is 7.11 Å². The number of thiophene rings is 1. The number of aromatic nitrogens is 1. The van der Waals surface area contributed by atoms with Crippen molar-refractivity contribution < 1.29 is 4.74 Å². The molecule has 0 saturated heterocycles. The number of hydrogen-bond acceptors (Lipinski definition) is 3. The van der Waals surface area contributed by atoms with Crippen LogP contribution in [0.25, 0.3) is 10.4 Å². The molecule has 0 atom stereocenters. The molecule has 2 aromatic rings. The van der Waals surface area contributed by atoms with Crippen LogP contribution in [0.1, 0.15) is 24.6 Å². The van der Waals surface area contributed by atoms with E-state index in [1.54, 1.807) is 7.11 Å². The standard InChI is InChI=1S/C13H15NOS/c1-9(2)11-5-6-12(16-11)10-4-7-13(15-3)14-8-10/h4-9H,1-3H3. The molecule has 0 saturated carbocycles. The Morgan fingerprint density at radius 3 is 2.50 bits per heavy atom. The summed E-state index contributed by atoms with van der Waals surface area (Å²) in [7, 11) is 1.63. The van der Waals surface area contributed by atoms with Gasteiger partial charge < -0.3 is 4.74 Å². The van der Waals surface area contributed by atoms with Gasteiger partial charge in [0.1, 0.15) is 0 Å². The maximum absolute atomic E-state index is 5.04. The molecular weight excluding hydrogens is 218 g/mol. The van der Waals surface area contributed by atoms with E-state index in [1.165, 1.54) is 9.75 Å². The van der Waals surface area contributed by atoms with E-state index >= 15 is 0 Å². The van der Waals surface area contributed by atoms with Crippen LogP contribution >= 0.6 is 11.3 Å². The summed E-state index contributed by atoms with van der Waals surface area (Å²) in [5.74, 6) is 1.24. The van der Waals surface area contributed by atoms with Crippen molar-refractivity contribution in [1.29, 1.82) is 0 Å². The molecule has 3 heteroatoms. The Morgan fingerprint density at radius 1 is 1.19 bits per heavy atom. The van der Waals surface area contributed by atoms with E-state index in [4.69, 9.17) is 4.74 Å². The molecule has 84 valence electrons. The first kappa shape index (κ1) is 11.1. The minimum absolute atomic E-state index is 0.588. The highest BCUT2D eigenvalue weighted by Gasteiger charge is 2.06. The number of hydrogen-bond donors (Lipinski definition) is 0. The molecular formula is C13H15NOS. The molecule has 0 aliphatic carbocycles. The molecule has 0 bridgehead atoms. The van der Waals surface area contributed by atoms with E-state index in [9.17, 15) is 0 Å². The third-order valence-corrected chi connectivity index (χ3v) is 3.86. The van der Waals surface area contributed by atoms with Gasteiger partial charge in [-0.15, -0.1) is 11.3 Å². The van der Waals surface area contributed by atoms with Crippen LogP contribution in [0.3, 0.4) is 0 Å². The lowest BCUT2D eigenvalue weighted by Crippen LogP contribution is -1.85. The summed E-state index contributed by atoms with van der Waals surface area (Å²) < 4.78 is 5.04. The van der Waals surface area contributed by atoms with Crippen molar-refractivity contribution in [3.63, 3.8) is 0 Å². The van der Waals surface area contributed by atoms with Crippen molar-refractivity contribution in [1.82, 2.24) is 4.98 Å². The fourth-order valence-electron chi connectivity index (χ4n) is 1.47. The molecule has 0 fully saturated rings. The largest absolute Gasteiger partial charge is 0.481 e. The Morgan fingerprint density at radius 2 is 2.00 bits per heavy atom. The lowest BCUT2D eigenvalue weighted by atomic mass is 10.2. The van der Waals surface area contributed by atoms with E-state index in [0.29, 0.717) is 11.8 Å². The molecule has 2 heterocycles. The average molecular weight is 233 g/mol. The van der Waals surface area contributed by atoms with Gasteiger partial charge in [-0.05, 0) is 24.1 Å². The van der Waals surface area contributed by atoms with Crippen LogP contribution in [0.4, 0.5) is 0 Å². The van der Waals surface area contributed by atoms with Crippen LogP contribution in [0.2, 0.25) is 0 Å². The highest BCUT2D eigenvalue weighted by atomic mass is 32.1. The van der Waals surface area contributed by atoms with Crippen LogP contribution in [-0.4, -0.2) is 12.1 Å². The fourth-order valence-corrected chi connectivity index (χ4v) is 2.47. The zero-order chi connectivity index (χ0) is 11.5. The van der Waals surface area contributed by atoms with E-state index in [1.807, 2.05) is 29.7 Å². The predicted molar refractivity (Wildman–Crippen MR) is 68.2 cm³/mol. The Hall–Kier alpha value is -1.35. The summed E-state index contributed by atoms with van der Waals surface area (Å²) in [5, 5.41) is 0. The Bertz CT molecular complexity index is 459. The van der Waals surface area contributed by atoms with Gasteiger partial charge in [-0.1, -0.05) is 13.8 Å². The van der Waals surface area contributed by atoms with Crippen molar-refractivity contribution in [2.45, 2.75) is 19.8 Å². The van der Waals surface area contributed by atoms with E-state index < -0.39 is 0 Å². The lowest BCUT2D eigenvalue weighted by Gasteiger charge is -2.00. The van der Waals surface area contributed by atoms with E-state index in [-0.39, 0.29) is 0 Å². The second kappa shape index (κ2) is 4.66. The van der Waals surface area contributed by atoms with Gasteiger partial charge in [0.25, 0.3) is 0 Å². The molecule has 0 amide bonds. The molecule has 2 aromatic heterocycles. The normalized spacial score (nSPS) is 10.8.